The summed E-state index contributed by atoms with van der Waals surface area (Å²) >= 11 is 0. The third-order valence-corrected chi connectivity index (χ3v) is 4.66. The first-order valence-corrected chi connectivity index (χ1v) is 8.98. The van der Waals surface area contributed by atoms with Gasteiger partial charge in [-0.05, 0) is 24.3 Å². The maximum Gasteiger partial charge on any atom is 0.416 e. The number of pyridine rings is 1. The Bertz CT molecular complexity index is 1310. The Morgan fingerprint density at radius 3 is 2.50 bits per heavy atom. The first-order valence-electron chi connectivity index (χ1n) is 8.98. The normalized spacial score (nSPS) is 11.3. The Kier molecular flexibility index (Phi) is 6.16. The van der Waals surface area contributed by atoms with Crippen molar-refractivity contribution < 1.29 is 31.5 Å². The minimum absolute atomic E-state index is 0.0714. The lowest BCUT2D eigenvalue weighted by molar-refractivity contribution is -0.139. The molecule has 3 rings (SSSR count). The Morgan fingerprint density at radius 2 is 1.91 bits per heavy atom. The van der Waals surface area contributed by atoms with Gasteiger partial charge in [0.15, 0.2) is 0 Å². The molecule has 0 fully saturated rings. The zero-order valence-electron chi connectivity index (χ0n) is 16.4. The summed E-state index contributed by atoms with van der Waals surface area (Å²) in [5.41, 5.74) is -2.56. The highest BCUT2D eigenvalue weighted by molar-refractivity contribution is 5.85. The number of esters is 1. The number of benzene rings is 2. The van der Waals surface area contributed by atoms with Gasteiger partial charge in [0, 0.05) is 11.8 Å². The van der Waals surface area contributed by atoms with E-state index in [1.807, 2.05) is 0 Å². The number of carbonyl (C=O) groups is 1. The van der Waals surface area contributed by atoms with Crippen molar-refractivity contribution >= 4 is 22.6 Å². The molecule has 0 amide bonds. The van der Waals surface area contributed by atoms with Crippen molar-refractivity contribution in [2.45, 2.75) is 12.7 Å². The number of nitriles is 1. The molecule has 0 unspecified atom stereocenters. The molecule has 0 aliphatic carbocycles. The number of anilines is 1. The fraction of sp³-hybridized carbons (Fsp3) is 0.190. The molecule has 0 radical (unpaired) electrons. The first-order chi connectivity index (χ1) is 15.0. The Hall–Kier alpha value is -3.94. The molecule has 166 valence electrons. The number of nitrogens with zero attached hydrogens (tertiary/aromatic N) is 2. The van der Waals surface area contributed by atoms with Crippen molar-refractivity contribution in [2.24, 2.45) is 0 Å². The van der Waals surface area contributed by atoms with E-state index in [0.717, 1.165) is 25.4 Å². The van der Waals surface area contributed by atoms with Crippen LogP contribution in [0.25, 0.3) is 10.9 Å². The third kappa shape index (κ3) is 4.54. The number of hydrogen-bond donors (Lipinski definition) is 1. The van der Waals surface area contributed by atoms with Gasteiger partial charge in [-0.1, -0.05) is 6.07 Å². The number of nitrogens with one attached hydrogen (secondary N) is 1. The molecule has 0 aliphatic heterocycles. The molecule has 11 heteroatoms. The van der Waals surface area contributed by atoms with Crippen LogP contribution in [-0.4, -0.2) is 24.2 Å². The average molecular weight is 451 g/mol. The summed E-state index contributed by atoms with van der Waals surface area (Å²) in [6, 6.07) is 5.69. The number of halogens is 5. The van der Waals surface area contributed by atoms with Crippen molar-refractivity contribution in [2.75, 3.05) is 19.0 Å². The first kappa shape index (κ1) is 22.7. The molecule has 0 saturated carbocycles. The third-order valence-electron chi connectivity index (χ3n) is 4.66. The van der Waals surface area contributed by atoms with E-state index < -0.39 is 34.8 Å². The molecule has 1 heterocycles. The van der Waals surface area contributed by atoms with E-state index in [9.17, 15) is 36.8 Å². The number of rotatable bonds is 5. The summed E-state index contributed by atoms with van der Waals surface area (Å²) in [4.78, 5) is 23.8. The summed E-state index contributed by atoms with van der Waals surface area (Å²) in [7, 11) is 1.14. The van der Waals surface area contributed by atoms with Crippen LogP contribution >= 0.6 is 0 Å². The van der Waals surface area contributed by atoms with E-state index in [4.69, 9.17) is 0 Å². The summed E-state index contributed by atoms with van der Waals surface area (Å²) < 4.78 is 72.9. The molecular weight excluding hydrogens is 437 g/mol. The number of ether oxygens (including phenoxy) is 1. The van der Waals surface area contributed by atoms with Crippen LogP contribution in [0, 0.1) is 23.0 Å². The molecule has 6 nitrogen and oxygen atoms in total. The molecule has 0 bridgehead atoms. The maximum atomic E-state index is 14.5. The lowest BCUT2D eigenvalue weighted by Crippen LogP contribution is -2.18. The molecule has 3 aromatic rings. The van der Waals surface area contributed by atoms with Gasteiger partial charge < -0.3 is 14.6 Å². The van der Waals surface area contributed by atoms with E-state index in [2.05, 4.69) is 10.1 Å². The van der Waals surface area contributed by atoms with E-state index in [1.54, 1.807) is 6.07 Å². The smallest absolute Gasteiger partial charge is 0.416 e. The monoisotopic (exact) mass is 451 g/mol. The van der Waals surface area contributed by atoms with Gasteiger partial charge in [0.05, 0.1) is 35.8 Å². The second-order valence-corrected chi connectivity index (χ2v) is 6.69. The van der Waals surface area contributed by atoms with Crippen LogP contribution in [0.5, 0.6) is 0 Å². The molecule has 32 heavy (non-hydrogen) atoms. The van der Waals surface area contributed by atoms with Gasteiger partial charge in [-0.25, -0.2) is 8.78 Å². The highest BCUT2D eigenvalue weighted by atomic mass is 19.4. The number of hydrogen-bond acceptors (Lipinski definition) is 5. The summed E-state index contributed by atoms with van der Waals surface area (Å²) in [5, 5.41) is 11.5. The van der Waals surface area contributed by atoms with Crippen LogP contribution in [0.1, 0.15) is 16.7 Å². The second-order valence-electron chi connectivity index (χ2n) is 6.69. The summed E-state index contributed by atoms with van der Waals surface area (Å²) in [5.74, 6) is -2.72. The predicted octanol–water partition coefficient (Wildman–Crippen LogP) is 3.80. The zero-order chi connectivity index (χ0) is 23.6. The van der Waals surface area contributed by atoms with Crippen molar-refractivity contribution in [3.63, 3.8) is 0 Å². The van der Waals surface area contributed by atoms with Gasteiger partial charge >= 0.3 is 12.1 Å². The Labute approximate surface area is 177 Å². The number of methoxy groups -OCH3 is 1. The summed E-state index contributed by atoms with van der Waals surface area (Å²) in [6.45, 7) is -0.732. The van der Waals surface area contributed by atoms with Gasteiger partial charge in [-0.3, -0.25) is 9.59 Å². The second kappa shape index (κ2) is 8.66. The molecule has 0 atom stereocenters. The molecule has 2 aromatic carbocycles. The van der Waals surface area contributed by atoms with Gasteiger partial charge in [-0.2, -0.15) is 18.4 Å². The largest absolute Gasteiger partial charge is 0.468 e. The van der Waals surface area contributed by atoms with E-state index in [1.165, 1.54) is 10.6 Å². The number of carbonyl (C=O) groups excluding carboxylic acids is 1. The molecule has 0 saturated heterocycles. The van der Waals surface area contributed by atoms with Gasteiger partial charge in [0.25, 0.3) is 0 Å². The minimum Gasteiger partial charge on any atom is -0.468 e. The Morgan fingerprint density at radius 1 is 1.19 bits per heavy atom. The van der Waals surface area contributed by atoms with Crippen LogP contribution in [0.2, 0.25) is 0 Å². The number of aromatic nitrogens is 1. The van der Waals surface area contributed by atoms with Gasteiger partial charge in [0.2, 0.25) is 5.43 Å². The standard InChI is InChI=1S/C21H14F5N3O3/c1-32-19(30)8-28-17-6-18-14(5-16(17)23)20(31)12(7-27)10-29(18)9-11-2-3-13(4-15(11)22)21(24,25)26/h2-6,10,28H,8-9H2,1H3. The van der Waals surface area contributed by atoms with Crippen molar-refractivity contribution in [1.29, 1.82) is 5.26 Å². The lowest BCUT2D eigenvalue weighted by Gasteiger charge is -2.15. The summed E-state index contributed by atoms with van der Waals surface area (Å²) in [6.07, 6.45) is -3.63. The number of alkyl halides is 3. The average Bonchev–Trinajstić information content (AvgIpc) is 2.74. The van der Waals surface area contributed by atoms with Crippen LogP contribution in [0.4, 0.5) is 27.6 Å². The molecule has 1 aromatic heterocycles. The zero-order valence-corrected chi connectivity index (χ0v) is 16.4. The van der Waals surface area contributed by atoms with Crippen molar-refractivity contribution in [3.8, 4) is 6.07 Å². The number of fused-ring (bicyclic) bond motifs is 1. The fourth-order valence-electron chi connectivity index (χ4n) is 3.03. The van der Waals surface area contributed by atoms with E-state index in [-0.39, 0.29) is 40.8 Å². The van der Waals surface area contributed by atoms with Crippen molar-refractivity contribution in [1.82, 2.24) is 4.57 Å². The molecule has 1 N–H and O–H groups in total. The van der Waals surface area contributed by atoms with E-state index >= 15 is 0 Å². The molecule has 0 aliphatic rings. The maximum absolute atomic E-state index is 14.5. The van der Waals surface area contributed by atoms with Gasteiger partial charge in [-0.15, -0.1) is 0 Å². The highest BCUT2D eigenvalue weighted by Gasteiger charge is 2.31. The van der Waals surface area contributed by atoms with Crippen molar-refractivity contribution in [3.05, 3.63) is 75.1 Å². The highest BCUT2D eigenvalue weighted by Crippen LogP contribution is 2.30. The topological polar surface area (TPSA) is 84.1 Å². The van der Waals surface area contributed by atoms with Crippen LogP contribution in [0.15, 0.2) is 41.3 Å². The SMILES string of the molecule is COC(=O)CNc1cc2c(cc1F)c(=O)c(C#N)cn2Cc1ccc(C(F)(F)F)cc1F. The molecular formula is C21H14F5N3O3. The predicted molar refractivity (Wildman–Crippen MR) is 104 cm³/mol. The van der Waals surface area contributed by atoms with E-state index in [0.29, 0.717) is 12.1 Å². The lowest BCUT2D eigenvalue weighted by atomic mass is 10.1. The Balaban J connectivity index is 2.13. The van der Waals surface area contributed by atoms with Crippen LogP contribution < -0.4 is 10.7 Å². The fourth-order valence-corrected chi connectivity index (χ4v) is 3.03. The van der Waals surface area contributed by atoms with Gasteiger partial charge in [0.1, 0.15) is 29.8 Å². The molecule has 0 spiro atoms. The minimum atomic E-state index is -4.73. The quantitative estimate of drug-likeness (QED) is 0.471. The van der Waals surface area contributed by atoms with Crippen LogP contribution in [-0.2, 0) is 22.3 Å². The van der Waals surface area contributed by atoms with Crippen LogP contribution in [0.3, 0.4) is 0 Å².